The summed E-state index contributed by atoms with van der Waals surface area (Å²) in [5.74, 6) is -0.454. The molecule has 13 rings (SSSR count). The Morgan fingerprint density at radius 2 is 1.03 bits per heavy atom. The van der Waals surface area contributed by atoms with Gasteiger partial charge in [-0.25, -0.2) is 0 Å². The number of hydrogen-bond donors (Lipinski definition) is 0. The van der Waals surface area contributed by atoms with Crippen LogP contribution in [0.4, 0.5) is 0 Å². The standard InChI is InChI=1S/C35H28O2/c1-2-37-35-30-21-13-26(14-22-30)6-5-25-11-19-29(20-12-25)33(35)31-27-15-7-23(8-16-27)3-4-24-9-17-28(18-10-24)32(31)34(35)36/h3-22,31-33H,2H2,1H3/b4-3-,6-5-. The van der Waals surface area contributed by atoms with Gasteiger partial charge in [0, 0.05) is 18.4 Å². The molecule has 0 spiro atoms. The molecule has 2 heteroatoms. The van der Waals surface area contributed by atoms with Crippen molar-refractivity contribution < 1.29 is 9.53 Å². The van der Waals surface area contributed by atoms with E-state index in [0.717, 1.165) is 38.9 Å². The highest BCUT2D eigenvalue weighted by Crippen LogP contribution is 2.62. The molecule has 0 radical (unpaired) electrons. The fourth-order valence-corrected chi connectivity index (χ4v) is 6.66. The highest BCUT2D eigenvalue weighted by Gasteiger charge is 2.63. The normalized spacial score (nSPS) is 26.5. The van der Waals surface area contributed by atoms with Crippen LogP contribution < -0.4 is 0 Å². The molecule has 180 valence electrons. The molecule has 2 nitrogen and oxygen atoms in total. The number of Topliss-reactive ketones (excluding diaryl/α,β-unsaturated/α-hetero) is 1. The van der Waals surface area contributed by atoms with Crippen LogP contribution in [-0.4, -0.2) is 12.4 Å². The monoisotopic (exact) mass is 480 g/mol. The Hall–Kier alpha value is -4.01. The molecule has 37 heavy (non-hydrogen) atoms. The van der Waals surface area contributed by atoms with E-state index in [1.165, 1.54) is 5.56 Å². The van der Waals surface area contributed by atoms with Crippen molar-refractivity contribution in [3.8, 4) is 0 Å². The molecule has 0 heterocycles. The fourth-order valence-electron chi connectivity index (χ4n) is 6.66. The van der Waals surface area contributed by atoms with Crippen LogP contribution >= 0.6 is 0 Å². The van der Waals surface area contributed by atoms with E-state index in [-0.39, 0.29) is 23.5 Å². The third kappa shape index (κ3) is 3.40. The average molecular weight is 481 g/mol. The molecule has 0 saturated heterocycles. The fraction of sp³-hybridized carbons (Fsp3) is 0.171. The van der Waals surface area contributed by atoms with E-state index in [0.29, 0.717) is 6.61 Å². The van der Waals surface area contributed by atoms with Crippen LogP contribution in [0.5, 0.6) is 0 Å². The molecule has 4 unspecified atom stereocenters. The van der Waals surface area contributed by atoms with Gasteiger partial charge in [0.25, 0.3) is 0 Å². The third-order valence-corrected chi connectivity index (χ3v) is 8.37. The first kappa shape index (κ1) is 22.2. The van der Waals surface area contributed by atoms with Gasteiger partial charge in [-0.3, -0.25) is 4.79 Å². The molecule has 4 atom stereocenters. The number of benzene rings is 4. The van der Waals surface area contributed by atoms with E-state index < -0.39 is 5.60 Å². The Morgan fingerprint density at radius 3 is 1.51 bits per heavy atom. The van der Waals surface area contributed by atoms with E-state index in [2.05, 4.69) is 121 Å². The first-order valence-electron chi connectivity index (χ1n) is 13.1. The molecular formula is C35H28O2. The SMILES string of the molecule is CCOC12C(=O)C3c4ccc(cc4)/C=C\c4ccc(cc4)C3C1c1ccc(cc1)/C=C\c1ccc2cc1. The van der Waals surface area contributed by atoms with Crippen LogP contribution in [0.1, 0.15) is 69.2 Å². The number of rotatable bonds is 2. The zero-order chi connectivity index (χ0) is 25.0. The zero-order valence-electron chi connectivity index (χ0n) is 20.8. The molecule has 9 aliphatic carbocycles. The van der Waals surface area contributed by atoms with Gasteiger partial charge in [-0.05, 0) is 51.4 Å². The average Bonchev–Trinajstić information content (AvgIpc) is 3.19. The van der Waals surface area contributed by atoms with Gasteiger partial charge >= 0.3 is 0 Å². The molecule has 0 aromatic heterocycles. The Balaban J connectivity index is 1.57. The van der Waals surface area contributed by atoms with E-state index in [9.17, 15) is 4.79 Å². The maximum Gasteiger partial charge on any atom is 0.177 e. The molecule has 1 saturated carbocycles. The van der Waals surface area contributed by atoms with E-state index >= 15 is 0 Å². The molecule has 8 bridgehead atoms. The van der Waals surface area contributed by atoms with Crippen molar-refractivity contribution in [2.24, 2.45) is 0 Å². The second kappa shape index (κ2) is 8.54. The maximum atomic E-state index is 15.0. The van der Waals surface area contributed by atoms with Gasteiger partial charge in [0.15, 0.2) is 11.4 Å². The Kier molecular flexibility index (Phi) is 5.12. The van der Waals surface area contributed by atoms with Gasteiger partial charge in [-0.2, -0.15) is 0 Å². The summed E-state index contributed by atoms with van der Waals surface area (Å²) in [6, 6.07) is 34.3. The number of carbonyl (C=O) groups is 1. The van der Waals surface area contributed by atoms with E-state index in [4.69, 9.17) is 4.74 Å². The van der Waals surface area contributed by atoms with Crippen LogP contribution in [0, 0.1) is 0 Å². The summed E-state index contributed by atoms with van der Waals surface area (Å²) in [7, 11) is 0. The minimum absolute atomic E-state index is 0.0774. The summed E-state index contributed by atoms with van der Waals surface area (Å²) in [6.45, 7) is 2.44. The minimum Gasteiger partial charge on any atom is -0.362 e. The highest BCUT2D eigenvalue weighted by atomic mass is 16.5. The first-order chi connectivity index (χ1) is 18.2. The first-order valence-corrected chi connectivity index (χ1v) is 13.1. The second-order valence-corrected chi connectivity index (χ2v) is 10.3. The van der Waals surface area contributed by atoms with Crippen molar-refractivity contribution in [2.75, 3.05) is 6.61 Å². The lowest BCUT2D eigenvalue weighted by Gasteiger charge is -2.37. The lowest BCUT2D eigenvalue weighted by molar-refractivity contribution is -0.144. The van der Waals surface area contributed by atoms with Gasteiger partial charge in [0.2, 0.25) is 0 Å². The Labute approximate surface area is 217 Å². The quantitative estimate of drug-likeness (QED) is 0.292. The van der Waals surface area contributed by atoms with Crippen molar-refractivity contribution in [1.29, 1.82) is 0 Å². The number of ketones is 1. The lowest BCUT2D eigenvalue weighted by Crippen LogP contribution is -2.40. The predicted octanol–water partition coefficient (Wildman–Crippen LogP) is 7.82. The van der Waals surface area contributed by atoms with Crippen LogP contribution in [0.2, 0.25) is 0 Å². The van der Waals surface area contributed by atoms with E-state index in [1.807, 2.05) is 6.92 Å². The van der Waals surface area contributed by atoms with Gasteiger partial charge in [-0.1, -0.05) is 121 Å². The predicted molar refractivity (Wildman–Crippen MR) is 150 cm³/mol. The van der Waals surface area contributed by atoms with Crippen molar-refractivity contribution >= 4 is 30.1 Å². The van der Waals surface area contributed by atoms with Gasteiger partial charge < -0.3 is 4.74 Å². The van der Waals surface area contributed by atoms with E-state index in [1.54, 1.807) is 0 Å². The highest BCUT2D eigenvalue weighted by molar-refractivity contribution is 6.00. The van der Waals surface area contributed by atoms with Gasteiger partial charge in [0.1, 0.15) is 0 Å². The van der Waals surface area contributed by atoms with Crippen molar-refractivity contribution in [2.45, 2.75) is 30.3 Å². The molecule has 4 aromatic carbocycles. The summed E-state index contributed by atoms with van der Waals surface area (Å²) in [5.41, 5.74) is 7.69. The van der Waals surface area contributed by atoms with Crippen molar-refractivity contribution in [3.05, 3.63) is 142 Å². The topological polar surface area (TPSA) is 26.3 Å². The number of hydrogen-bond acceptors (Lipinski definition) is 2. The summed E-state index contributed by atoms with van der Waals surface area (Å²) < 4.78 is 6.73. The second-order valence-electron chi connectivity index (χ2n) is 10.3. The summed E-state index contributed by atoms with van der Waals surface area (Å²) in [6.07, 6.45) is 8.53. The molecular weight excluding hydrogens is 452 g/mol. The molecule has 0 amide bonds. The largest absolute Gasteiger partial charge is 0.362 e. The Morgan fingerprint density at radius 1 is 0.595 bits per heavy atom. The van der Waals surface area contributed by atoms with Crippen LogP contribution in [0.25, 0.3) is 24.3 Å². The smallest absolute Gasteiger partial charge is 0.177 e. The third-order valence-electron chi connectivity index (χ3n) is 8.37. The van der Waals surface area contributed by atoms with Crippen LogP contribution in [0.15, 0.2) is 97.1 Å². The maximum absolute atomic E-state index is 15.0. The van der Waals surface area contributed by atoms with Crippen LogP contribution in [0.3, 0.4) is 0 Å². The summed E-state index contributed by atoms with van der Waals surface area (Å²) in [4.78, 5) is 15.0. The number of ether oxygens (including phenoxy) is 1. The molecule has 4 aromatic rings. The molecule has 0 aliphatic heterocycles. The van der Waals surface area contributed by atoms with Gasteiger partial charge in [0.05, 0.1) is 5.92 Å². The molecule has 9 aliphatic rings. The van der Waals surface area contributed by atoms with Gasteiger partial charge in [-0.15, -0.1) is 0 Å². The summed E-state index contributed by atoms with van der Waals surface area (Å²) in [5, 5.41) is 0. The number of carbonyl (C=O) groups excluding carboxylic acids is 1. The lowest BCUT2D eigenvalue weighted by atomic mass is 9.72. The summed E-state index contributed by atoms with van der Waals surface area (Å²) >= 11 is 0. The van der Waals surface area contributed by atoms with Crippen LogP contribution in [-0.2, 0) is 15.1 Å². The van der Waals surface area contributed by atoms with Crippen molar-refractivity contribution in [3.63, 3.8) is 0 Å². The zero-order valence-corrected chi connectivity index (χ0v) is 20.8. The molecule has 0 N–H and O–H groups in total. The molecule has 1 fully saturated rings. The van der Waals surface area contributed by atoms with Crippen molar-refractivity contribution in [1.82, 2.24) is 0 Å². The Bertz CT molecular complexity index is 1520. The minimum atomic E-state index is -1.09.